The Morgan fingerprint density at radius 1 is 1.11 bits per heavy atom. The first kappa shape index (κ1) is 13.3. The highest BCUT2D eigenvalue weighted by Crippen LogP contribution is 2.15. The summed E-state index contributed by atoms with van der Waals surface area (Å²) in [7, 11) is 1.64. The minimum atomic E-state index is 0.501. The fourth-order valence-corrected chi connectivity index (χ4v) is 1.72. The highest BCUT2D eigenvalue weighted by Gasteiger charge is 2.00. The summed E-state index contributed by atoms with van der Waals surface area (Å²) in [5.74, 6) is 1.53. The lowest BCUT2D eigenvalue weighted by molar-refractivity contribution is 0.415. The van der Waals surface area contributed by atoms with E-state index in [0.29, 0.717) is 5.11 Å². The molecule has 1 heterocycles. The van der Waals surface area contributed by atoms with Gasteiger partial charge in [-0.2, -0.15) is 0 Å². The van der Waals surface area contributed by atoms with Crippen LogP contribution in [0.2, 0.25) is 0 Å². The number of anilines is 2. The maximum absolute atomic E-state index is 5.22. The normalized spacial score (nSPS) is 9.79. The van der Waals surface area contributed by atoms with E-state index < -0.39 is 0 Å². The van der Waals surface area contributed by atoms with Crippen LogP contribution in [-0.4, -0.2) is 17.2 Å². The number of hydrogen-bond donors (Lipinski definition) is 2. The van der Waals surface area contributed by atoms with Crippen molar-refractivity contribution in [2.24, 2.45) is 0 Å². The zero-order valence-electron chi connectivity index (χ0n) is 10.8. The Kier molecular flexibility index (Phi) is 4.30. The monoisotopic (exact) mass is 273 g/mol. The minimum Gasteiger partial charge on any atom is -0.497 e. The van der Waals surface area contributed by atoms with Crippen LogP contribution in [0.25, 0.3) is 0 Å². The highest BCUT2D eigenvalue weighted by atomic mass is 32.1. The lowest BCUT2D eigenvalue weighted by atomic mass is 10.3. The topological polar surface area (TPSA) is 46.2 Å². The Balaban J connectivity index is 1.95. The third-order valence-electron chi connectivity index (χ3n) is 2.50. The number of thiocarbonyl (C=S) groups is 1. The van der Waals surface area contributed by atoms with E-state index in [1.54, 1.807) is 13.3 Å². The Morgan fingerprint density at radius 2 is 1.84 bits per heavy atom. The number of hydrogen-bond acceptors (Lipinski definition) is 3. The lowest BCUT2D eigenvalue weighted by Gasteiger charge is -2.10. The summed E-state index contributed by atoms with van der Waals surface area (Å²) in [5.41, 5.74) is 2.00. The number of benzene rings is 1. The number of aryl methyl sites for hydroxylation is 1. The molecule has 0 fully saturated rings. The van der Waals surface area contributed by atoms with Gasteiger partial charge in [-0.3, -0.25) is 0 Å². The van der Waals surface area contributed by atoms with Crippen LogP contribution in [0.4, 0.5) is 11.5 Å². The second-order valence-corrected chi connectivity index (χ2v) is 4.44. The summed E-state index contributed by atoms with van der Waals surface area (Å²) in [6, 6.07) is 11.4. The highest BCUT2D eigenvalue weighted by molar-refractivity contribution is 7.80. The number of ether oxygens (including phenoxy) is 1. The van der Waals surface area contributed by atoms with Crippen molar-refractivity contribution in [1.29, 1.82) is 0 Å². The van der Waals surface area contributed by atoms with Crippen LogP contribution >= 0.6 is 12.2 Å². The van der Waals surface area contributed by atoms with Gasteiger partial charge in [0.05, 0.1) is 7.11 Å². The average Bonchev–Trinajstić information content (AvgIpc) is 2.42. The van der Waals surface area contributed by atoms with Crippen LogP contribution in [-0.2, 0) is 0 Å². The van der Waals surface area contributed by atoms with Crippen LogP contribution in [0, 0.1) is 6.92 Å². The zero-order chi connectivity index (χ0) is 13.7. The van der Waals surface area contributed by atoms with Gasteiger partial charge in [-0.05, 0) is 55.0 Å². The molecule has 0 aliphatic heterocycles. The quantitative estimate of drug-likeness (QED) is 0.841. The van der Waals surface area contributed by atoms with Gasteiger partial charge in [0, 0.05) is 11.9 Å². The van der Waals surface area contributed by atoms with E-state index in [-0.39, 0.29) is 0 Å². The minimum absolute atomic E-state index is 0.501. The molecule has 0 aliphatic carbocycles. The Bertz CT molecular complexity index is 552. The summed E-state index contributed by atoms with van der Waals surface area (Å²) in [5, 5.41) is 6.61. The second-order valence-electron chi connectivity index (χ2n) is 4.03. The van der Waals surface area contributed by atoms with Crippen LogP contribution in [0.5, 0.6) is 5.75 Å². The van der Waals surface area contributed by atoms with Gasteiger partial charge in [-0.25, -0.2) is 4.98 Å². The first-order valence-electron chi connectivity index (χ1n) is 5.82. The van der Waals surface area contributed by atoms with Crippen molar-refractivity contribution in [2.45, 2.75) is 6.92 Å². The first-order chi connectivity index (χ1) is 9.17. The molecule has 0 aliphatic rings. The Labute approximate surface area is 117 Å². The molecule has 98 valence electrons. The smallest absolute Gasteiger partial charge is 0.176 e. The summed E-state index contributed by atoms with van der Waals surface area (Å²) in [6.45, 7) is 1.99. The van der Waals surface area contributed by atoms with Crippen molar-refractivity contribution in [2.75, 3.05) is 17.7 Å². The molecule has 0 amide bonds. The molecule has 0 bridgehead atoms. The number of methoxy groups -OCH3 is 1. The van der Waals surface area contributed by atoms with Gasteiger partial charge in [-0.15, -0.1) is 0 Å². The molecule has 2 rings (SSSR count). The predicted molar refractivity (Wildman–Crippen MR) is 81.8 cm³/mol. The number of nitrogens with zero attached hydrogens (tertiary/aromatic N) is 1. The van der Waals surface area contributed by atoms with Crippen LogP contribution < -0.4 is 15.4 Å². The molecule has 0 radical (unpaired) electrons. The van der Waals surface area contributed by atoms with E-state index in [0.717, 1.165) is 22.8 Å². The van der Waals surface area contributed by atoms with Crippen LogP contribution in [0.3, 0.4) is 0 Å². The maximum atomic E-state index is 5.22. The molecule has 4 nitrogen and oxygen atoms in total. The molecule has 1 aromatic carbocycles. The average molecular weight is 273 g/mol. The molecule has 0 unspecified atom stereocenters. The van der Waals surface area contributed by atoms with Crippen molar-refractivity contribution in [3.05, 3.63) is 48.2 Å². The van der Waals surface area contributed by atoms with Crippen LogP contribution in [0.1, 0.15) is 5.56 Å². The maximum Gasteiger partial charge on any atom is 0.176 e. The Hall–Kier alpha value is -2.14. The number of nitrogens with one attached hydrogen (secondary N) is 2. The molecule has 0 spiro atoms. The van der Waals surface area contributed by atoms with Gasteiger partial charge in [0.2, 0.25) is 0 Å². The van der Waals surface area contributed by atoms with E-state index >= 15 is 0 Å². The predicted octanol–water partition coefficient (Wildman–Crippen LogP) is 3.21. The molecular weight excluding hydrogens is 258 g/mol. The molecule has 5 heteroatoms. The molecule has 2 aromatic rings. The van der Waals surface area contributed by atoms with E-state index in [2.05, 4.69) is 15.6 Å². The molecule has 0 saturated carbocycles. The van der Waals surface area contributed by atoms with Crippen LogP contribution in [0.15, 0.2) is 42.6 Å². The third kappa shape index (κ3) is 3.93. The summed E-state index contributed by atoms with van der Waals surface area (Å²) >= 11 is 5.22. The van der Waals surface area contributed by atoms with Gasteiger partial charge in [-0.1, -0.05) is 6.07 Å². The van der Waals surface area contributed by atoms with Crippen molar-refractivity contribution in [3.63, 3.8) is 0 Å². The lowest BCUT2D eigenvalue weighted by Crippen LogP contribution is -2.19. The summed E-state index contributed by atoms with van der Waals surface area (Å²) < 4.78 is 5.09. The number of rotatable bonds is 3. The molecule has 0 saturated heterocycles. The summed E-state index contributed by atoms with van der Waals surface area (Å²) in [6.07, 6.45) is 1.79. The third-order valence-corrected chi connectivity index (χ3v) is 2.70. The zero-order valence-corrected chi connectivity index (χ0v) is 11.6. The fourth-order valence-electron chi connectivity index (χ4n) is 1.49. The number of aromatic nitrogens is 1. The Morgan fingerprint density at radius 3 is 2.42 bits per heavy atom. The fraction of sp³-hybridized carbons (Fsp3) is 0.143. The number of pyridine rings is 1. The molecule has 0 atom stereocenters. The first-order valence-corrected chi connectivity index (χ1v) is 6.23. The van der Waals surface area contributed by atoms with Gasteiger partial charge < -0.3 is 15.4 Å². The van der Waals surface area contributed by atoms with Crippen molar-refractivity contribution < 1.29 is 4.74 Å². The summed E-state index contributed by atoms with van der Waals surface area (Å²) in [4.78, 5) is 4.23. The van der Waals surface area contributed by atoms with E-state index in [1.165, 1.54) is 0 Å². The van der Waals surface area contributed by atoms with E-state index in [9.17, 15) is 0 Å². The van der Waals surface area contributed by atoms with Crippen molar-refractivity contribution in [3.8, 4) is 5.75 Å². The van der Waals surface area contributed by atoms with E-state index in [4.69, 9.17) is 17.0 Å². The standard InChI is InChI=1S/C14H15N3OS/c1-10-3-8-13(15-9-10)17-14(19)16-11-4-6-12(18-2)7-5-11/h3-9H,1-2H3,(H2,15,16,17,19). The molecule has 2 N–H and O–H groups in total. The van der Waals surface area contributed by atoms with Crippen molar-refractivity contribution >= 4 is 28.8 Å². The van der Waals surface area contributed by atoms with Gasteiger partial charge in [0.15, 0.2) is 5.11 Å². The molecular formula is C14H15N3OS. The largest absolute Gasteiger partial charge is 0.497 e. The SMILES string of the molecule is COc1ccc(NC(=S)Nc2ccc(C)cn2)cc1. The van der Waals surface area contributed by atoms with E-state index in [1.807, 2.05) is 43.3 Å². The van der Waals surface area contributed by atoms with Gasteiger partial charge in [0.1, 0.15) is 11.6 Å². The molecule has 19 heavy (non-hydrogen) atoms. The van der Waals surface area contributed by atoms with Gasteiger partial charge >= 0.3 is 0 Å². The van der Waals surface area contributed by atoms with Crippen molar-refractivity contribution in [1.82, 2.24) is 4.98 Å². The second kappa shape index (κ2) is 6.15. The van der Waals surface area contributed by atoms with Gasteiger partial charge in [0.25, 0.3) is 0 Å². The molecule has 1 aromatic heterocycles.